The SMILES string of the molecule is CC1CC(C)CN([SH](C)C)C1. The summed E-state index contributed by atoms with van der Waals surface area (Å²) in [5, 5.41) is 0. The second-order valence-corrected chi connectivity index (χ2v) is 6.42. The Kier molecular flexibility index (Phi) is 3.26. The lowest BCUT2D eigenvalue weighted by atomic mass is 9.94. The highest BCUT2D eigenvalue weighted by Crippen LogP contribution is 2.30. The van der Waals surface area contributed by atoms with E-state index in [1.807, 2.05) is 0 Å². The van der Waals surface area contributed by atoms with Gasteiger partial charge in [0.05, 0.1) is 0 Å². The molecule has 68 valence electrons. The van der Waals surface area contributed by atoms with E-state index >= 15 is 0 Å². The molecule has 0 spiro atoms. The Hall–Kier alpha value is 0.310. The Morgan fingerprint density at radius 3 is 1.91 bits per heavy atom. The summed E-state index contributed by atoms with van der Waals surface area (Å²) in [6, 6.07) is 0. The van der Waals surface area contributed by atoms with Gasteiger partial charge in [-0.3, -0.25) is 4.31 Å². The van der Waals surface area contributed by atoms with E-state index in [1.54, 1.807) is 0 Å². The number of rotatable bonds is 1. The highest BCUT2D eigenvalue weighted by molar-refractivity contribution is 8.13. The van der Waals surface area contributed by atoms with E-state index in [-0.39, 0.29) is 11.1 Å². The second kappa shape index (κ2) is 3.81. The zero-order chi connectivity index (χ0) is 8.43. The van der Waals surface area contributed by atoms with Crippen LogP contribution in [0, 0.1) is 11.8 Å². The van der Waals surface area contributed by atoms with Crippen LogP contribution >= 0.6 is 11.1 Å². The van der Waals surface area contributed by atoms with Crippen LogP contribution in [0.1, 0.15) is 20.3 Å². The maximum Gasteiger partial charge on any atom is 0.00974 e. The van der Waals surface area contributed by atoms with Crippen molar-refractivity contribution in [3.8, 4) is 0 Å². The van der Waals surface area contributed by atoms with E-state index in [2.05, 4.69) is 30.7 Å². The van der Waals surface area contributed by atoms with E-state index in [9.17, 15) is 0 Å². The third-order valence-electron chi connectivity index (χ3n) is 2.42. The number of hydrogen-bond donors (Lipinski definition) is 1. The molecule has 0 amide bonds. The lowest BCUT2D eigenvalue weighted by Gasteiger charge is -2.39. The fourth-order valence-electron chi connectivity index (χ4n) is 1.96. The van der Waals surface area contributed by atoms with Crippen molar-refractivity contribution in [1.82, 2.24) is 4.31 Å². The van der Waals surface area contributed by atoms with Gasteiger partial charge in [-0.15, -0.1) is 0 Å². The van der Waals surface area contributed by atoms with Crippen molar-refractivity contribution >= 4 is 11.1 Å². The molecule has 2 atom stereocenters. The van der Waals surface area contributed by atoms with Crippen LogP contribution < -0.4 is 0 Å². The minimum Gasteiger partial charge on any atom is -0.270 e. The van der Waals surface area contributed by atoms with Crippen molar-refractivity contribution < 1.29 is 0 Å². The molecular formula is C9H21NS. The van der Waals surface area contributed by atoms with Crippen LogP contribution in [-0.4, -0.2) is 29.9 Å². The first-order valence-corrected chi connectivity index (χ1v) is 6.70. The monoisotopic (exact) mass is 175 g/mol. The standard InChI is InChI=1S/C9H21NS/c1-8-5-9(2)7-10(6-8)11(3)4/h8-9,11H,5-7H2,1-4H3. The van der Waals surface area contributed by atoms with Gasteiger partial charge in [0.2, 0.25) is 0 Å². The highest BCUT2D eigenvalue weighted by Gasteiger charge is 2.21. The van der Waals surface area contributed by atoms with Crippen molar-refractivity contribution in [2.24, 2.45) is 11.8 Å². The summed E-state index contributed by atoms with van der Waals surface area (Å²) in [7, 11) is 0. The van der Waals surface area contributed by atoms with E-state index < -0.39 is 0 Å². The summed E-state index contributed by atoms with van der Waals surface area (Å²) >= 11 is 0.161. The normalized spacial score (nSPS) is 35.5. The first-order valence-electron chi connectivity index (χ1n) is 4.51. The first kappa shape index (κ1) is 9.40. The molecule has 0 saturated carbocycles. The van der Waals surface area contributed by atoms with Gasteiger partial charge in [0, 0.05) is 13.1 Å². The average molecular weight is 175 g/mol. The largest absolute Gasteiger partial charge is 0.270 e. The topological polar surface area (TPSA) is 3.24 Å². The number of hydrogen-bond acceptors (Lipinski definition) is 1. The predicted molar refractivity (Wildman–Crippen MR) is 55.4 cm³/mol. The molecule has 1 saturated heterocycles. The van der Waals surface area contributed by atoms with Gasteiger partial charge >= 0.3 is 0 Å². The van der Waals surface area contributed by atoms with Gasteiger partial charge in [0.1, 0.15) is 0 Å². The number of nitrogens with zero attached hydrogens (tertiary/aromatic N) is 1. The third-order valence-corrected chi connectivity index (χ3v) is 3.87. The van der Waals surface area contributed by atoms with Crippen LogP contribution in [0.15, 0.2) is 0 Å². The van der Waals surface area contributed by atoms with E-state index in [4.69, 9.17) is 0 Å². The van der Waals surface area contributed by atoms with Crippen molar-refractivity contribution in [3.63, 3.8) is 0 Å². The van der Waals surface area contributed by atoms with Gasteiger partial charge in [0.25, 0.3) is 0 Å². The molecule has 0 aromatic carbocycles. The molecule has 11 heavy (non-hydrogen) atoms. The molecule has 1 rings (SSSR count). The van der Waals surface area contributed by atoms with Crippen molar-refractivity contribution in [1.29, 1.82) is 0 Å². The molecule has 2 heteroatoms. The van der Waals surface area contributed by atoms with Gasteiger partial charge in [-0.1, -0.05) is 13.8 Å². The summed E-state index contributed by atoms with van der Waals surface area (Å²) in [6.07, 6.45) is 6.15. The predicted octanol–water partition coefficient (Wildman–Crippen LogP) is 2.14. The third kappa shape index (κ3) is 2.68. The molecule has 1 heterocycles. The molecule has 1 aliphatic heterocycles. The van der Waals surface area contributed by atoms with Crippen LogP contribution in [0.25, 0.3) is 0 Å². The average Bonchev–Trinajstić information content (AvgIpc) is 1.85. The van der Waals surface area contributed by atoms with Crippen molar-refractivity contribution in [2.45, 2.75) is 20.3 Å². The summed E-state index contributed by atoms with van der Waals surface area (Å²) in [5.41, 5.74) is 0. The van der Waals surface area contributed by atoms with Crippen LogP contribution in [-0.2, 0) is 0 Å². The zero-order valence-electron chi connectivity index (χ0n) is 8.17. The molecule has 1 aliphatic rings. The van der Waals surface area contributed by atoms with Crippen LogP contribution in [0.2, 0.25) is 0 Å². The Labute approximate surface area is 73.6 Å². The molecule has 0 radical (unpaired) electrons. The zero-order valence-corrected chi connectivity index (χ0v) is 9.06. The molecule has 0 bridgehead atoms. The summed E-state index contributed by atoms with van der Waals surface area (Å²) in [5.74, 6) is 1.84. The lowest BCUT2D eigenvalue weighted by Crippen LogP contribution is -2.35. The quantitative estimate of drug-likeness (QED) is 0.598. The lowest BCUT2D eigenvalue weighted by molar-refractivity contribution is 0.236. The fourth-order valence-corrected chi connectivity index (χ4v) is 3.17. The Morgan fingerprint density at radius 2 is 1.55 bits per heavy atom. The Morgan fingerprint density at radius 1 is 1.09 bits per heavy atom. The van der Waals surface area contributed by atoms with Crippen LogP contribution in [0.4, 0.5) is 0 Å². The minimum absolute atomic E-state index is 0.161. The van der Waals surface area contributed by atoms with Gasteiger partial charge in [-0.2, -0.15) is 0 Å². The second-order valence-electron chi connectivity index (χ2n) is 4.16. The number of thiol groups is 1. The summed E-state index contributed by atoms with van der Waals surface area (Å²) in [6.45, 7) is 7.43. The van der Waals surface area contributed by atoms with Gasteiger partial charge in [0.15, 0.2) is 0 Å². The molecule has 1 fully saturated rings. The van der Waals surface area contributed by atoms with E-state index in [1.165, 1.54) is 19.5 Å². The molecular weight excluding hydrogens is 154 g/mol. The van der Waals surface area contributed by atoms with Crippen LogP contribution in [0.3, 0.4) is 0 Å². The molecule has 0 N–H and O–H groups in total. The van der Waals surface area contributed by atoms with Gasteiger partial charge < -0.3 is 0 Å². The summed E-state index contributed by atoms with van der Waals surface area (Å²) < 4.78 is 2.66. The molecule has 1 nitrogen and oxygen atoms in total. The Bertz CT molecular complexity index is 115. The highest BCUT2D eigenvalue weighted by atomic mass is 32.2. The van der Waals surface area contributed by atoms with E-state index in [0.717, 1.165) is 11.8 Å². The fraction of sp³-hybridized carbons (Fsp3) is 1.00. The maximum atomic E-state index is 2.66. The van der Waals surface area contributed by atoms with E-state index in [0.29, 0.717) is 0 Å². The number of piperidine rings is 1. The maximum absolute atomic E-state index is 2.66. The van der Waals surface area contributed by atoms with Gasteiger partial charge in [-0.05, 0) is 30.8 Å². The molecule has 0 aromatic heterocycles. The molecule has 0 aliphatic carbocycles. The van der Waals surface area contributed by atoms with Crippen LogP contribution in [0.5, 0.6) is 0 Å². The molecule has 2 unspecified atom stereocenters. The minimum atomic E-state index is 0.161. The smallest absolute Gasteiger partial charge is 0.00974 e. The summed E-state index contributed by atoms with van der Waals surface area (Å²) in [4.78, 5) is 0. The van der Waals surface area contributed by atoms with Crippen molar-refractivity contribution in [3.05, 3.63) is 0 Å². The van der Waals surface area contributed by atoms with Gasteiger partial charge in [-0.25, -0.2) is 11.1 Å². The van der Waals surface area contributed by atoms with Crippen molar-refractivity contribution in [2.75, 3.05) is 25.6 Å². The molecule has 0 aromatic rings. The first-order chi connectivity index (χ1) is 5.09. The Balaban J connectivity index is 2.43.